The fourth-order valence-electron chi connectivity index (χ4n) is 3.20. The van der Waals surface area contributed by atoms with E-state index in [2.05, 4.69) is 26.2 Å². The molecule has 0 radical (unpaired) electrons. The van der Waals surface area contributed by atoms with E-state index < -0.39 is 29.4 Å². The molecule has 0 spiro atoms. The van der Waals surface area contributed by atoms with Crippen LogP contribution in [-0.2, 0) is 11.0 Å². The van der Waals surface area contributed by atoms with Crippen LogP contribution in [0.4, 0.5) is 18.9 Å². The summed E-state index contributed by atoms with van der Waals surface area (Å²) in [6.45, 7) is 5.17. The normalized spacial score (nSPS) is 12.8. The molecule has 9 heteroatoms. The second kappa shape index (κ2) is 8.22. The van der Waals surface area contributed by atoms with E-state index in [9.17, 15) is 22.8 Å². The Morgan fingerprint density at radius 2 is 1.77 bits per heavy atom. The van der Waals surface area contributed by atoms with Crippen molar-refractivity contribution in [2.24, 2.45) is 0 Å². The first-order valence-electron chi connectivity index (χ1n) is 9.20. The average Bonchev–Trinajstić information content (AvgIpc) is 2.66. The van der Waals surface area contributed by atoms with Crippen LogP contribution in [0, 0.1) is 13.8 Å². The summed E-state index contributed by atoms with van der Waals surface area (Å²) in [6, 6.07) is 8.68. The molecule has 3 rings (SSSR count). The molecule has 1 unspecified atom stereocenters. The van der Waals surface area contributed by atoms with E-state index in [1.807, 2.05) is 0 Å². The van der Waals surface area contributed by atoms with Crippen molar-refractivity contribution in [1.82, 2.24) is 9.55 Å². The van der Waals surface area contributed by atoms with Gasteiger partial charge in [-0.15, -0.1) is 0 Å². The van der Waals surface area contributed by atoms with E-state index in [-0.39, 0.29) is 17.5 Å². The zero-order valence-corrected chi connectivity index (χ0v) is 18.1. The minimum atomic E-state index is -4.94. The molecule has 1 aromatic heterocycles. The van der Waals surface area contributed by atoms with Crippen molar-refractivity contribution < 1.29 is 18.0 Å². The van der Waals surface area contributed by atoms with E-state index in [1.54, 1.807) is 51.1 Å². The Bertz CT molecular complexity index is 1170. The Labute approximate surface area is 179 Å². The molecule has 2 aromatic carbocycles. The third-order valence-electron chi connectivity index (χ3n) is 4.89. The van der Waals surface area contributed by atoms with Gasteiger partial charge < -0.3 is 5.32 Å². The largest absolute Gasteiger partial charge is 0.438 e. The lowest BCUT2D eigenvalue weighted by molar-refractivity contribution is -0.142. The first-order chi connectivity index (χ1) is 14.0. The predicted octanol–water partition coefficient (Wildman–Crippen LogP) is 5.38. The van der Waals surface area contributed by atoms with Crippen LogP contribution in [0.1, 0.15) is 36.2 Å². The maximum Gasteiger partial charge on any atom is 0.438 e. The number of alkyl halides is 3. The number of hydrogen-bond donors (Lipinski definition) is 1. The zero-order valence-electron chi connectivity index (χ0n) is 16.5. The summed E-state index contributed by atoms with van der Waals surface area (Å²) in [5, 5.41) is 2.67. The molecule has 0 aliphatic heterocycles. The number of anilines is 1. The molecule has 3 aromatic rings. The highest BCUT2D eigenvalue weighted by Gasteiger charge is 2.38. The number of halogens is 4. The summed E-state index contributed by atoms with van der Waals surface area (Å²) in [7, 11) is 0. The number of aromatic nitrogens is 2. The van der Waals surface area contributed by atoms with Gasteiger partial charge in [0.25, 0.3) is 5.56 Å². The number of fused-ring (bicyclic) bond motifs is 1. The number of aryl methyl sites for hydroxylation is 2. The van der Waals surface area contributed by atoms with Crippen molar-refractivity contribution >= 4 is 38.6 Å². The number of hydrogen-bond acceptors (Lipinski definition) is 3. The quantitative estimate of drug-likeness (QED) is 0.543. The summed E-state index contributed by atoms with van der Waals surface area (Å²) in [5.74, 6) is -0.583. The van der Waals surface area contributed by atoms with Crippen LogP contribution in [0.3, 0.4) is 0 Å². The van der Waals surface area contributed by atoms with Crippen molar-refractivity contribution in [1.29, 1.82) is 0 Å². The van der Waals surface area contributed by atoms with E-state index in [0.717, 1.165) is 20.2 Å². The molecule has 0 aliphatic rings. The van der Waals surface area contributed by atoms with Gasteiger partial charge in [-0.2, -0.15) is 13.2 Å². The Morgan fingerprint density at radius 1 is 1.17 bits per heavy atom. The van der Waals surface area contributed by atoms with Gasteiger partial charge in [-0.3, -0.25) is 14.2 Å². The Kier molecular flexibility index (Phi) is 6.03. The molecule has 1 atom stereocenters. The van der Waals surface area contributed by atoms with E-state index in [4.69, 9.17) is 0 Å². The third kappa shape index (κ3) is 4.26. The van der Waals surface area contributed by atoms with Crippen LogP contribution in [0.25, 0.3) is 11.0 Å². The number of benzene rings is 2. The van der Waals surface area contributed by atoms with Crippen molar-refractivity contribution in [2.75, 3.05) is 5.32 Å². The lowest BCUT2D eigenvalue weighted by Gasteiger charge is -2.22. The highest BCUT2D eigenvalue weighted by atomic mass is 79.9. The van der Waals surface area contributed by atoms with Crippen LogP contribution in [0.2, 0.25) is 0 Å². The summed E-state index contributed by atoms with van der Waals surface area (Å²) >= 11 is 3.30. The molecule has 30 heavy (non-hydrogen) atoms. The number of nitrogens with zero attached hydrogens (tertiary/aromatic N) is 2. The number of nitrogens with one attached hydrogen (secondary N) is 1. The molecule has 0 saturated carbocycles. The molecular formula is C21H19BrF3N3O2. The first kappa shape index (κ1) is 22.0. The predicted molar refractivity (Wildman–Crippen MR) is 113 cm³/mol. The third-order valence-corrected chi connectivity index (χ3v) is 5.41. The maximum atomic E-state index is 13.5. The highest BCUT2D eigenvalue weighted by molar-refractivity contribution is 9.10. The van der Waals surface area contributed by atoms with Gasteiger partial charge in [0.05, 0.1) is 11.0 Å². The van der Waals surface area contributed by atoms with Crippen LogP contribution >= 0.6 is 15.9 Å². The standard InChI is InChI=1S/C21H19BrF3N3O2/c1-4-16(19(29)26-14-7-5-13(22)6-8-14)28-17-10-12(3)11(2)9-15(17)27-18(20(28)30)21(23,24)25/h5-10,16H,4H2,1-3H3,(H,26,29). The van der Waals surface area contributed by atoms with Crippen molar-refractivity contribution in [2.45, 2.75) is 39.4 Å². The van der Waals surface area contributed by atoms with Crippen molar-refractivity contribution in [3.05, 3.63) is 68.0 Å². The molecule has 0 fully saturated rings. The smallest absolute Gasteiger partial charge is 0.324 e. The van der Waals surface area contributed by atoms with Gasteiger partial charge in [0.1, 0.15) is 6.04 Å². The number of amides is 1. The maximum absolute atomic E-state index is 13.5. The topological polar surface area (TPSA) is 64.0 Å². The fraction of sp³-hybridized carbons (Fsp3) is 0.286. The second-order valence-corrected chi connectivity index (χ2v) is 7.89. The summed E-state index contributed by atoms with van der Waals surface area (Å²) in [4.78, 5) is 29.4. The van der Waals surface area contributed by atoms with E-state index in [0.29, 0.717) is 5.69 Å². The molecule has 158 valence electrons. The highest BCUT2D eigenvalue weighted by Crippen LogP contribution is 2.29. The van der Waals surface area contributed by atoms with Crippen LogP contribution in [0.15, 0.2) is 45.7 Å². The molecule has 0 saturated heterocycles. The molecule has 0 bridgehead atoms. The molecule has 0 aliphatic carbocycles. The Hall–Kier alpha value is -2.68. The van der Waals surface area contributed by atoms with Crippen LogP contribution < -0.4 is 10.9 Å². The molecular weight excluding hydrogens is 463 g/mol. The van der Waals surface area contributed by atoms with E-state index in [1.165, 1.54) is 6.07 Å². The zero-order chi connectivity index (χ0) is 22.2. The minimum Gasteiger partial charge on any atom is -0.324 e. The first-order valence-corrected chi connectivity index (χ1v) is 9.99. The van der Waals surface area contributed by atoms with Gasteiger partial charge >= 0.3 is 6.18 Å². The number of carbonyl (C=O) groups is 1. The lowest BCUT2D eigenvalue weighted by Crippen LogP contribution is -2.37. The molecule has 5 nitrogen and oxygen atoms in total. The van der Waals surface area contributed by atoms with Gasteiger partial charge in [0, 0.05) is 10.2 Å². The van der Waals surface area contributed by atoms with Gasteiger partial charge in [-0.25, -0.2) is 4.98 Å². The minimum absolute atomic E-state index is 0.0138. The Balaban J connectivity index is 2.21. The lowest BCUT2D eigenvalue weighted by atomic mass is 10.1. The Morgan fingerprint density at radius 3 is 2.33 bits per heavy atom. The van der Waals surface area contributed by atoms with Gasteiger partial charge in [0.2, 0.25) is 11.6 Å². The summed E-state index contributed by atoms with van der Waals surface area (Å²) in [5.41, 5.74) is -0.685. The SMILES string of the molecule is CCC(C(=O)Nc1ccc(Br)cc1)n1c(=O)c(C(F)(F)F)nc2cc(C)c(C)cc21. The van der Waals surface area contributed by atoms with Crippen molar-refractivity contribution in [3.63, 3.8) is 0 Å². The number of rotatable bonds is 4. The van der Waals surface area contributed by atoms with Gasteiger partial charge in [0.15, 0.2) is 0 Å². The second-order valence-electron chi connectivity index (χ2n) is 6.98. The fourth-order valence-corrected chi connectivity index (χ4v) is 3.46. The molecule has 1 heterocycles. The van der Waals surface area contributed by atoms with Crippen LogP contribution in [-0.4, -0.2) is 15.5 Å². The molecule has 1 N–H and O–H groups in total. The van der Waals surface area contributed by atoms with E-state index >= 15 is 0 Å². The van der Waals surface area contributed by atoms with Crippen molar-refractivity contribution in [3.8, 4) is 0 Å². The summed E-state index contributed by atoms with van der Waals surface area (Å²) < 4.78 is 42.2. The summed E-state index contributed by atoms with van der Waals surface area (Å²) in [6.07, 6.45) is -4.82. The van der Waals surface area contributed by atoms with Gasteiger partial charge in [-0.05, 0) is 67.8 Å². The number of carbonyl (C=O) groups excluding carboxylic acids is 1. The van der Waals surface area contributed by atoms with Gasteiger partial charge in [-0.1, -0.05) is 22.9 Å². The monoisotopic (exact) mass is 481 g/mol. The average molecular weight is 482 g/mol. The molecule has 1 amide bonds. The van der Waals surface area contributed by atoms with Crippen LogP contribution in [0.5, 0.6) is 0 Å².